The van der Waals surface area contributed by atoms with Gasteiger partial charge < -0.3 is 5.32 Å². The van der Waals surface area contributed by atoms with E-state index in [1.165, 1.54) is 24.8 Å². The SMILES string of the molecule is CNC(c1ccc(F)c(C)c1)C1CC2CC2C1. The molecule has 3 unspecified atom stereocenters. The van der Waals surface area contributed by atoms with E-state index in [0.717, 1.165) is 23.3 Å². The van der Waals surface area contributed by atoms with Crippen LogP contribution in [-0.4, -0.2) is 7.05 Å². The Labute approximate surface area is 102 Å². The fraction of sp³-hybridized carbons (Fsp3) is 0.600. The molecule has 3 atom stereocenters. The van der Waals surface area contributed by atoms with Crippen molar-refractivity contribution in [3.63, 3.8) is 0 Å². The Bertz CT molecular complexity index is 419. The molecule has 0 spiro atoms. The summed E-state index contributed by atoms with van der Waals surface area (Å²) in [6.45, 7) is 1.84. The normalized spacial score (nSPS) is 32.3. The fourth-order valence-electron chi connectivity index (χ4n) is 3.57. The largest absolute Gasteiger partial charge is 0.313 e. The molecule has 0 radical (unpaired) electrons. The second-order valence-electron chi connectivity index (χ2n) is 5.76. The molecule has 0 aliphatic heterocycles. The van der Waals surface area contributed by atoms with Crippen molar-refractivity contribution in [3.05, 3.63) is 35.1 Å². The van der Waals surface area contributed by atoms with Gasteiger partial charge in [0.05, 0.1) is 0 Å². The van der Waals surface area contributed by atoms with Crippen LogP contribution < -0.4 is 5.32 Å². The van der Waals surface area contributed by atoms with Crippen LogP contribution in [0.2, 0.25) is 0 Å². The van der Waals surface area contributed by atoms with E-state index in [2.05, 4.69) is 5.32 Å². The molecule has 0 saturated heterocycles. The lowest BCUT2D eigenvalue weighted by Crippen LogP contribution is -2.24. The van der Waals surface area contributed by atoms with Gasteiger partial charge in [0, 0.05) is 6.04 Å². The van der Waals surface area contributed by atoms with E-state index in [0.29, 0.717) is 6.04 Å². The van der Waals surface area contributed by atoms with Crippen molar-refractivity contribution in [2.45, 2.75) is 32.2 Å². The number of nitrogens with one attached hydrogen (secondary N) is 1. The zero-order valence-electron chi connectivity index (χ0n) is 10.5. The van der Waals surface area contributed by atoms with Crippen LogP contribution >= 0.6 is 0 Å². The van der Waals surface area contributed by atoms with Gasteiger partial charge in [-0.1, -0.05) is 12.1 Å². The van der Waals surface area contributed by atoms with Crippen LogP contribution in [-0.2, 0) is 0 Å². The van der Waals surface area contributed by atoms with Crippen LogP contribution in [0.3, 0.4) is 0 Å². The molecule has 1 aromatic rings. The second-order valence-corrected chi connectivity index (χ2v) is 5.76. The summed E-state index contributed by atoms with van der Waals surface area (Å²) in [7, 11) is 2.02. The maximum absolute atomic E-state index is 13.3. The molecule has 17 heavy (non-hydrogen) atoms. The summed E-state index contributed by atoms with van der Waals surface area (Å²) in [5.74, 6) is 2.64. The van der Waals surface area contributed by atoms with Gasteiger partial charge in [0.15, 0.2) is 0 Å². The van der Waals surface area contributed by atoms with Crippen molar-refractivity contribution in [2.24, 2.45) is 17.8 Å². The quantitative estimate of drug-likeness (QED) is 0.843. The van der Waals surface area contributed by atoms with Crippen LogP contribution in [0.15, 0.2) is 18.2 Å². The molecule has 3 rings (SSSR count). The molecule has 1 aromatic carbocycles. The molecule has 2 saturated carbocycles. The molecule has 1 nitrogen and oxygen atoms in total. The van der Waals surface area contributed by atoms with Crippen LogP contribution in [0, 0.1) is 30.5 Å². The molecule has 2 aliphatic carbocycles. The predicted molar refractivity (Wildman–Crippen MR) is 67.3 cm³/mol. The van der Waals surface area contributed by atoms with E-state index in [-0.39, 0.29) is 5.82 Å². The summed E-state index contributed by atoms with van der Waals surface area (Å²) < 4.78 is 13.3. The zero-order chi connectivity index (χ0) is 12.0. The Morgan fingerprint density at radius 3 is 2.53 bits per heavy atom. The number of benzene rings is 1. The fourth-order valence-corrected chi connectivity index (χ4v) is 3.57. The first-order valence-electron chi connectivity index (χ1n) is 6.62. The highest BCUT2D eigenvalue weighted by Crippen LogP contribution is 2.57. The van der Waals surface area contributed by atoms with Crippen LogP contribution in [0.4, 0.5) is 4.39 Å². The molecule has 92 valence electrons. The van der Waals surface area contributed by atoms with Crippen molar-refractivity contribution < 1.29 is 4.39 Å². The minimum atomic E-state index is -0.0992. The summed E-state index contributed by atoms with van der Waals surface area (Å²) in [4.78, 5) is 0. The molecule has 0 heterocycles. The highest BCUT2D eigenvalue weighted by Gasteiger charge is 2.47. The third-order valence-electron chi connectivity index (χ3n) is 4.60. The van der Waals surface area contributed by atoms with Crippen molar-refractivity contribution in [2.75, 3.05) is 7.05 Å². The van der Waals surface area contributed by atoms with Gasteiger partial charge in [0.1, 0.15) is 5.82 Å². The molecule has 2 fully saturated rings. The number of fused-ring (bicyclic) bond motifs is 1. The monoisotopic (exact) mass is 233 g/mol. The van der Waals surface area contributed by atoms with Gasteiger partial charge in [0.25, 0.3) is 0 Å². The molecule has 0 bridgehead atoms. The van der Waals surface area contributed by atoms with Gasteiger partial charge in [0.2, 0.25) is 0 Å². The molecule has 2 heteroatoms. The lowest BCUT2D eigenvalue weighted by molar-refractivity contribution is 0.359. The summed E-state index contributed by atoms with van der Waals surface area (Å²) >= 11 is 0. The average molecular weight is 233 g/mol. The molecule has 0 amide bonds. The lowest BCUT2D eigenvalue weighted by atomic mass is 9.88. The van der Waals surface area contributed by atoms with Crippen molar-refractivity contribution in [1.29, 1.82) is 0 Å². The van der Waals surface area contributed by atoms with Gasteiger partial charge in [-0.3, -0.25) is 0 Å². The molecule has 1 N–H and O–H groups in total. The van der Waals surface area contributed by atoms with Gasteiger partial charge >= 0.3 is 0 Å². The van der Waals surface area contributed by atoms with Crippen molar-refractivity contribution >= 4 is 0 Å². The molecule has 0 aromatic heterocycles. The highest BCUT2D eigenvalue weighted by atomic mass is 19.1. The van der Waals surface area contributed by atoms with E-state index in [9.17, 15) is 4.39 Å². The van der Waals surface area contributed by atoms with E-state index >= 15 is 0 Å². The Kier molecular flexibility index (Phi) is 2.70. The molecular weight excluding hydrogens is 213 g/mol. The number of hydrogen-bond donors (Lipinski definition) is 1. The Morgan fingerprint density at radius 1 is 1.24 bits per heavy atom. The lowest BCUT2D eigenvalue weighted by Gasteiger charge is -2.25. The predicted octanol–water partition coefficient (Wildman–Crippen LogP) is 3.44. The first kappa shape index (κ1) is 11.2. The highest BCUT2D eigenvalue weighted by molar-refractivity contribution is 5.27. The Morgan fingerprint density at radius 2 is 1.94 bits per heavy atom. The topological polar surface area (TPSA) is 12.0 Å². The van der Waals surface area contributed by atoms with Gasteiger partial charge in [-0.05, 0) is 68.2 Å². The van der Waals surface area contributed by atoms with E-state index < -0.39 is 0 Å². The molecular formula is C15H20FN. The van der Waals surface area contributed by atoms with Crippen molar-refractivity contribution in [1.82, 2.24) is 5.32 Å². The first-order valence-corrected chi connectivity index (χ1v) is 6.62. The molecule has 2 aliphatic rings. The van der Waals surface area contributed by atoms with Crippen molar-refractivity contribution in [3.8, 4) is 0 Å². The minimum Gasteiger partial charge on any atom is -0.313 e. The maximum atomic E-state index is 13.3. The third kappa shape index (κ3) is 1.99. The van der Waals surface area contributed by atoms with Gasteiger partial charge in [-0.25, -0.2) is 4.39 Å². The smallest absolute Gasteiger partial charge is 0.126 e. The summed E-state index contributed by atoms with van der Waals surface area (Å²) in [6, 6.07) is 5.94. The van der Waals surface area contributed by atoms with E-state index in [1.54, 1.807) is 6.07 Å². The maximum Gasteiger partial charge on any atom is 0.126 e. The second kappa shape index (κ2) is 4.09. The zero-order valence-corrected chi connectivity index (χ0v) is 10.5. The Balaban J connectivity index is 1.81. The first-order chi connectivity index (χ1) is 8.19. The van der Waals surface area contributed by atoms with E-state index in [1.807, 2.05) is 26.1 Å². The van der Waals surface area contributed by atoms with Gasteiger partial charge in [-0.15, -0.1) is 0 Å². The Hall–Kier alpha value is -0.890. The van der Waals surface area contributed by atoms with E-state index in [4.69, 9.17) is 0 Å². The number of hydrogen-bond acceptors (Lipinski definition) is 1. The van der Waals surface area contributed by atoms with Crippen LogP contribution in [0.1, 0.15) is 36.4 Å². The van der Waals surface area contributed by atoms with Crippen LogP contribution in [0.5, 0.6) is 0 Å². The average Bonchev–Trinajstić information content (AvgIpc) is 2.92. The summed E-state index contributed by atoms with van der Waals surface area (Å²) in [5.41, 5.74) is 2.00. The van der Waals surface area contributed by atoms with Gasteiger partial charge in [-0.2, -0.15) is 0 Å². The standard InChI is InChI=1S/C15H20FN/c1-9-5-10(3-4-14(9)16)15(17-2)13-7-11-6-12(11)8-13/h3-5,11-13,15,17H,6-8H2,1-2H3. The summed E-state index contributed by atoms with van der Waals surface area (Å²) in [5, 5.41) is 3.43. The number of rotatable bonds is 3. The summed E-state index contributed by atoms with van der Waals surface area (Å²) in [6.07, 6.45) is 4.16. The minimum absolute atomic E-state index is 0.0992. The third-order valence-corrected chi connectivity index (χ3v) is 4.60. The number of aryl methyl sites for hydroxylation is 1. The number of halogens is 1. The van der Waals surface area contributed by atoms with Crippen LogP contribution in [0.25, 0.3) is 0 Å².